The molecule has 0 saturated heterocycles. The molecule has 0 amide bonds. The number of aliphatic imine (C=N–C) groups is 1. The second-order valence-corrected chi connectivity index (χ2v) is 9.16. The van der Waals surface area contributed by atoms with Crippen LogP contribution in [0.3, 0.4) is 0 Å². The molecule has 0 atom stereocenters. The summed E-state index contributed by atoms with van der Waals surface area (Å²) in [5.41, 5.74) is 1.38. The Labute approximate surface area is 167 Å². The van der Waals surface area contributed by atoms with Crippen molar-refractivity contribution >= 4 is 16.0 Å². The molecule has 1 aromatic heterocycles. The first-order valence-corrected chi connectivity index (χ1v) is 11.1. The van der Waals surface area contributed by atoms with Crippen molar-refractivity contribution in [1.29, 1.82) is 0 Å². The van der Waals surface area contributed by atoms with Crippen LogP contribution >= 0.6 is 0 Å². The lowest BCUT2D eigenvalue weighted by Crippen LogP contribution is -2.46. The second-order valence-electron chi connectivity index (χ2n) is 7.41. The van der Waals surface area contributed by atoms with Crippen molar-refractivity contribution in [2.45, 2.75) is 32.9 Å². The maximum atomic E-state index is 11.5. The molecule has 9 heteroatoms. The first-order valence-electron chi connectivity index (χ1n) is 9.17. The van der Waals surface area contributed by atoms with Gasteiger partial charge >= 0.3 is 0 Å². The molecule has 0 bridgehead atoms. The van der Waals surface area contributed by atoms with Crippen LogP contribution in [-0.2, 0) is 16.6 Å². The van der Waals surface area contributed by atoms with E-state index in [0.717, 1.165) is 17.5 Å². The minimum absolute atomic E-state index is 0.315. The normalized spacial score (nSPS) is 12.8. The lowest BCUT2D eigenvalue weighted by molar-refractivity contribution is 0.446. The Balaban J connectivity index is 2.08. The molecule has 2 aromatic rings. The molecule has 2 rings (SSSR count). The Morgan fingerprint density at radius 3 is 2.57 bits per heavy atom. The fourth-order valence-corrected chi connectivity index (χ4v) is 3.86. The minimum atomic E-state index is -3.30. The van der Waals surface area contributed by atoms with Gasteiger partial charge in [0.2, 0.25) is 10.0 Å². The first-order chi connectivity index (χ1) is 13.1. The van der Waals surface area contributed by atoms with Crippen LogP contribution in [-0.4, -0.2) is 61.0 Å². The molecule has 154 valence electrons. The van der Waals surface area contributed by atoms with Crippen LogP contribution in [0.4, 0.5) is 0 Å². The first kappa shape index (κ1) is 21.9. The molecule has 2 N–H and O–H groups in total. The van der Waals surface area contributed by atoms with Crippen molar-refractivity contribution in [2.75, 3.05) is 26.4 Å². The topological polar surface area (TPSA) is 91.6 Å². The molecule has 0 aliphatic carbocycles. The molecule has 0 radical (unpaired) electrons. The molecule has 0 fully saturated rings. The van der Waals surface area contributed by atoms with Gasteiger partial charge in [-0.2, -0.15) is 5.10 Å². The van der Waals surface area contributed by atoms with Crippen molar-refractivity contribution in [2.24, 2.45) is 4.99 Å². The number of nitrogens with zero attached hydrogens (tertiary/aromatic N) is 4. The summed E-state index contributed by atoms with van der Waals surface area (Å²) in [6.45, 7) is 7.27. The Hall–Kier alpha value is -2.39. The Morgan fingerprint density at radius 2 is 1.96 bits per heavy atom. The van der Waals surface area contributed by atoms with E-state index in [1.807, 2.05) is 80.1 Å². The Morgan fingerprint density at radius 1 is 1.29 bits per heavy atom. The SMILES string of the molecule is CCNC(=NCC(C)(C)NS(C)(=O)=O)N(C)Cc1cnn(-c2ccccc2)c1. The summed E-state index contributed by atoms with van der Waals surface area (Å²) < 4.78 is 27.5. The van der Waals surface area contributed by atoms with E-state index in [1.54, 1.807) is 0 Å². The maximum absolute atomic E-state index is 11.5. The van der Waals surface area contributed by atoms with Crippen LogP contribution in [0, 0.1) is 0 Å². The molecule has 28 heavy (non-hydrogen) atoms. The van der Waals surface area contributed by atoms with E-state index in [-0.39, 0.29) is 0 Å². The number of guanidine groups is 1. The highest BCUT2D eigenvalue weighted by Gasteiger charge is 2.22. The van der Waals surface area contributed by atoms with Crippen LogP contribution in [0.15, 0.2) is 47.7 Å². The van der Waals surface area contributed by atoms with E-state index in [9.17, 15) is 8.42 Å². The summed E-state index contributed by atoms with van der Waals surface area (Å²) in [4.78, 5) is 6.60. The quantitative estimate of drug-likeness (QED) is 0.513. The average molecular weight is 407 g/mol. The minimum Gasteiger partial charge on any atom is -0.357 e. The van der Waals surface area contributed by atoms with Crippen molar-refractivity contribution in [3.05, 3.63) is 48.3 Å². The van der Waals surface area contributed by atoms with Gasteiger partial charge < -0.3 is 10.2 Å². The zero-order valence-corrected chi connectivity index (χ0v) is 18.0. The third kappa shape index (κ3) is 6.97. The van der Waals surface area contributed by atoms with Crippen molar-refractivity contribution in [3.8, 4) is 5.69 Å². The van der Waals surface area contributed by atoms with Gasteiger partial charge in [-0.3, -0.25) is 4.99 Å². The largest absolute Gasteiger partial charge is 0.357 e. The summed E-state index contributed by atoms with van der Waals surface area (Å²) in [6, 6.07) is 9.93. The number of sulfonamides is 1. The van der Waals surface area contributed by atoms with Gasteiger partial charge in [0, 0.05) is 37.4 Å². The van der Waals surface area contributed by atoms with Gasteiger partial charge in [0.15, 0.2) is 5.96 Å². The van der Waals surface area contributed by atoms with Gasteiger partial charge in [0.05, 0.1) is 24.7 Å². The summed E-state index contributed by atoms with van der Waals surface area (Å²) in [5, 5.41) is 7.67. The van der Waals surface area contributed by atoms with Crippen molar-refractivity contribution in [3.63, 3.8) is 0 Å². The molecule has 0 spiro atoms. The Kier molecular flexibility index (Phi) is 7.20. The Bertz CT molecular complexity index is 890. The number of aromatic nitrogens is 2. The molecular weight excluding hydrogens is 376 g/mol. The lowest BCUT2D eigenvalue weighted by atomic mass is 10.1. The summed E-state index contributed by atoms with van der Waals surface area (Å²) in [6.07, 6.45) is 4.98. The van der Waals surface area contributed by atoms with E-state index < -0.39 is 15.6 Å². The van der Waals surface area contributed by atoms with Crippen LogP contribution < -0.4 is 10.0 Å². The van der Waals surface area contributed by atoms with Crippen molar-refractivity contribution in [1.82, 2.24) is 24.7 Å². The highest BCUT2D eigenvalue weighted by atomic mass is 32.2. The standard InChI is InChI=1S/C19H30N6O2S/c1-6-20-18(21-15-19(2,3)23-28(5,26)27)24(4)13-16-12-22-25(14-16)17-10-8-7-9-11-17/h7-12,14,23H,6,13,15H2,1-5H3,(H,20,21). The number of hydrogen-bond acceptors (Lipinski definition) is 4. The van der Waals surface area contributed by atoms with Gasteiger partial charge in [-0.05, 0) is 32.9 Å². The predicted molar refractivity (Wildman–Crippen MR) is 113 cm³/mol. The molecule has 0 aliphatic heterocycles. The number of hydrogen-bond donors (Lipinski definition) is 2. The number of rotatable bonds is 8. The average Bonchev–Trinajstić information content (AvgIpc) is 3.05. The molecule has 0 unspecified atom stereocenters. The van der Waals surface area contributed by atoms with Crippen molar-refractivity contribution < 1.29 is 8.42 Å². The van der Waals surface area contributed by atoms with E-state index in [4.69, 9.17) is 0 Å². The van der Waals surface area contributed by atoms with E-state index in [2.05, 4.69) is 20.1 Å². The van der Waals surface area contributed by atoms with Gasteiger partial charge in [0.25, 0.3) is 0 Å². The van der Waals surface area contributed by atoms with E-state index in [1.165, 1.54) is 0 Å². The van der Waals surface area contributed by atoms with E-state index in [0.29, 0.717) is 25.6 Å². The fraction of sp³-hybridized carbons (Fsp3) is 0.474. The van der Waals surface area contributed by atoms with Crippen LogP contribution in [0.2, 0.25) is 0 Å². The summed E-state index contributed by atoms with van der Waals surface area (Å²) in [5.74, 6) is 0.707. The van der Waals surface area contributed by atoms with Gasteiger partial charge in [-0.1, -0.05) is 18.2 Å². The summed E-state index contributed by atoms with van der Waals surface area (Å²) >= 11 is 0. The molecule has 0 saturated carbocycles. The second kappa shape index (κ2) is 9.20. The fourth-order valence-electron chi connectivity index (χ4n) is 2.79. The molecule has 0 aliphatic rings. The lowest BCUT2D eigenvalue weighted by Gasteiger charge is -2.26. The molecular formula is C19H30N6O2S. The predicted octanol–water partition coefficient (Wildman–Crippen LogP) is 1.60. The zero-order chi connectivity index (χ0) is 20.8. The summed E-state index contributed by atoms with van der Waals surface area (Å²) in [7, 11) is -1.36. The molecule has 1 heterocycles. The highest BCUT2D eigenvalue weighted by molar-refractivity contribution is 7.88. The van der Waals surface area contributed by atoms with Gasteiger partial charge in [0.1, 0.15) is 0 Å². The zero-order valence-electron chi connectivity index (χ0n) is 17.2. The number of para-hydroxylation sites is 1. The molecule has 8 nitrogen and oxygen atoms in total. The van der Waals surface area contributed by atoms with E-state index >= 15 is 0 Å². The number of nitrogens with one attached hydrogen (secondary N) is 2. The maximum Gasteiger partial charge on any atom is 0.209 e. The third-order valence-corrected chi connectivity index (χ3v) is 4.78. The smallest absolute Gasteiger partial charge is 0.209 e. The molecule has 1 aromatic carbocycles. The highest BCUT2D eigenvalue weighted by Crippen LogP contribution is 2.10. The van der Waals surface area contributed by atoms with Crippen LogP contribution in [0.5, 0.6) is 0 Å². The van der Waals surface area contributed by atoms with Gasteiger partial charge in [-0.15, -0.1) is 0 Å². The monoisotopic (exact) mass is 406 g/mol. The number of benzene rings is 1. The van der Waals surface area contributed by atoms with Gasteiger partial charge in [-0.25, -0.2) is 17.8 Å². The third-order valence-electron chi connectivity index (χ3n) is 3.86. The van der Waals surface area contributed by atoms with Crippen LogP contribution in [0.25, 0.3) is 5.69 Å². The van der Waals surface area contributed by atoms with Crippen LogP contribution in [0.1, 0.15) is 26.3 Å².